The molecule has 1 aromatic heterocycles. The van der Waals surface area contributed by atoms with Crippen molar-refractivity contribution in [3.05, 3.63) is 30.0 Å². The summed E-state index contributed by atoms with van der Waals surface area (Å²) in [5.41, 5.74) is -4.61. The van der Waals surface area contributed by atoms with Gasteiger partial charge in [0, 0.05) is 37.4 Å². The Morgan fingerprint density at radius 1 is 1.26 bits per heavy atom. The fourth-order valence-corrected chi connectivity index (χ4v) is 3.71. The highest BCUT2D eigenvalue weighted by molar-refractivity contribution is 7.90. The van der Waals surface area contributed by atoms with Crippen LogP contribution in [-0.4, -0.2) is 58.4 Å². The van der Waals surface area contributed by atoms with E-state index in [1.807, 2.05) is 0 Å². The van der Waals surface area contributed by atoms with Crippen molar-refractivity contribution in [3.63, 3.8) is 0 Å². The van der Waals surface area contributed by atoms with E-state index in [1.165, 1.54) is 30.4 Å². The molecule has 2 heterocycles. The van der Waals surface area contributed by atoms with E-state index in [-0.39, 0.29) is 10.8 Å². The van der Waals surface area contributed by atoms with Crippen molar-refractivity contribution in [1.29, 1.82) is 0 Å². The van der Waals surface area contributed by atoms with E-state index in [0.29, 0.717) is 11.4 Å². The van der Waals surface area contributed by atoms with Crippen LogP contribution in [0.1, 0.15) is 25.5 Å². The van der Waals surface area contributed by atoms with E-state index in [9.17, 15) is 34.8 Å². The van der Waals surface area contributed by atoms with Crippen LogP contribution in [0.25, 0.3) is 0 Å². The SMILES string of the molecule is CC1=CCN(S(=O)(=O)C(F)(F)F)CC(CCC(F)(F)F)N1Cc1cnc[nH]1. The van der Waals surface area contributed by atoms with Gasteiger partial charge < -0.3 is 9.88 Å². The van der Waals surface area contributed by atoms with Crippen molar-refractivity contribution in [2.45, 2.75) is 44.0 Å². The number of imidazole rings is 1. The highest BCUT2D eigenvalue weighted by Crippen LogP contribution is 2.32. The molecule has 0 amide bonds. The fourth-order valence-electron chi connectivity index (χ4n) is 2.78. The summed E-state index contributed by atoms with van der Waals surface area (Å²) < 4.78 is 100. The standard InChI is InChI=1S/C14H18F6N4O2S/c1-10-3-5-23(27(25,26)14(18,19)20)8-12(2-4-13(15,16)17)24(10)7-11-6-21-9-22-11/h3,6,9,12H,2,4-5,7-8H2,1H3,(H,21,22). The van der Waals surface area contributed by atoms with Crippen LogP contribution in [0, 0.1) is 0 Å². The molecule has 1 unspecified atom stereocenters. The zero-order valence-electron chi connectivity index (χ0n) is 14.2. The molecular formula is C14H18F6N4O2S. The first kappa shape index (κ1) is 21.5. The lowest BCUT2D eigenvalue weighted by molar-refractivity contribution is -0.138. The van der Waals surface area contributed by atoms with E-state index in [1.54, 1.807) is 0 Å². The monoisotopic (exact) mass is 420 g/mol. The lowest BCUT2D eigenvalue weighted by atomic mass is 10.1. The molecule has 0 spiro atoms. The van der Waals surface area contributed by atoms with Crippen molar-refractivity contribution in [2.75, 3.05) is 13.1 Å². The van der Waals surface area contributed by atoms with Gasteiger partial charge in [0.15, 0.2) is 0 Å². The van der Waals surface area contributed by atoms with Crippen LogP contribution in [0.3, 0.4) is 0 Å². The molecule has 0 aliphatic carbocycles. The molecule has 2 rings (SSSR count). The molecule has 0 saturated carbocycles. The maximum atomic E-state index is 12.9. The first-order chi connectivity index (χ1) is 12.3. The third-order valence-electron chi connectivity index (χ3n) is 4.19. The number of hydrogen-bond acceptors (Lipinski definition) is 4. The summed E-state index contributed by atoms with van der Waals surface area (Å²) in [4.78, 5) is 8.03. The smallest absolute Gasteiger partial charge is 0.365 e. The lowest BCUT2D eigenvalue weighted by Crippen LogP contribution is -2.47. The largest absolute Gasteiger partial charge is 0.511 e. The number of rotatable bonds is 5. The first-order valence-electron chi connectivity index (χ1n) is 7.85. The Morgan fingerprint density at radius 2 is 1.93 bits per heavy atom. The van der Waals surface area contributed by atoms with Gasteiger partial charge in [-0.05, 0) is 13.3 Å². The van der Waals surface area contributed by atoms with E-state index in [0.717, 1.165) is 0 Å². The summed E-state index contributed by atoms with van der Waals surface area (Å²) in [6, 6.07) is -1.09. The van der Waals surface area contributed by atoms with Crippen molar-refractivity contribution >= 4 is 10.0 Å². The molecule has 1 atom stereocenters. The van der Waals surface area contributed by atoms with Gasteiger partial charge in [-0.3, -0.25) is 0 Å². The second kappa shape index (κ2) is 7.70. The molecule has 1 N–H and O–H groups in total. The van der Waals surface area contributed by atoms with Crippen molar-refractivity contribution in [2.24, 2.45) is 0 Å². The minimum Gasteiger partial charge on any atom is -0.365 e. The molecule has 1 aliphatic heterocycles. The number of allylic oxidation sites excluding steroid dienone is 1. The second-order valence-electron chi connectivity index (χ2n) is 6.13. The topological polar surface area (TPSA) is 69.3 Å². The van der Waals surface area contributed by atoms with Crippen LogP contribution in [0.15, 0.2) is 24.3 Å². The fraction of sp³-hybridized carbons (Fsp3) is 0.643. The number of sulfonamides is 1. The van der Waals surface area contributed by atoms with Crippen molar-refractivity contribution in [3.8, 4) is 0 Å². The predicted octanol–water partition coefficient (Wildman–Crippen LogP) is 2.99. The number of nitrogens with one attached hydrogen (secondary N) is 1. The lowest BCUT2D eigenvalue weighted by Gasteiger charge is -2.34. The molecule has 0 aromatic carbocycles. The minimum absolute atomic E-state index is 0.0603. The van der Waals surface area contributed by atoms with E-state index in [2.05, 4.69) is 9.97 Å². The first-order valence-corrected chi connectivity index (χ1v) is 9.29. The zero-order valence-corrected chi connectivity index (χ0v) is 15.0. The van der Waals surface area contributed by atoms with Gasteiger partial charge in [-0.1, -0.05) is 6.08 Å². The molecule has 0 fully saturated rings. The molecule has 0 saturated heterocycles. The molecular weight excluding hydrogens is 402 g/mol. The Balaban J connectivity index is 2.33. The zero-order chi connectivity index (χ0) is 20.5. The van der Waals surface area contributed by atoms with Crippen LogP contribution in [0.4, 0.5) is 26.3 Å². The minimum atomic E-state index is -5.66. The summed E-state index contributed by atoms with van der Waals surface area (Å²) in [6.07, 6.45) is -2.26. The molecule has 1 aliphatic rings. The summed E-state index contributed by atoms with van der Waals surface area (Å²) in [5.74, 6) is 0. The third-order valence-corrected chi connectivity index (χ3v) is 5.75. The van der Waals surface area contributed by atoms with Gasteiger partial charge in [-0.2, -0.15) is 30.6 Å². The predicted molar refractivity (Wildman–Crippen MR) is 83.5 cm³/mol. The Morgan fingerprint density at radius 3 is 2.44 bits per heavy atom. The average Bonchev–Trinajstić information content (AvgIpc) is 2.97. The second-order valence-corrected chi connectivity index (χ2v) is 8.06. The van der Waals surface area contributed by atoms with Crippen molar-refractivity contribution < 1.29 is 34.8 Å². The van der Waals surface area contributed by atoms with Gasteiger partial charge >= 0.3 is 21.7 Å². The van der Waals surface area contributed by atoms with Gasteiger partial charge in [-0.25, -0.2) is 13.4 Å². The molecule has 0 radical (unpaired) electrons. The van der Waals surface area contributed by atoms with Gasteiger partial charge in [0.25, 0.3) is 0 Å². The van der Waals surface area contributed by atoms with Gasteiger partial charge in [0.1, 0.15) is 0 Å². The maximum absolute atomic E-state index is 12.9. The molecule has 27 heavy (non-hydrogen) atoms. The molecule has 13 heteroatoms. The maximum Gasteiger partial charge on any atom is 0.511 e. The highest BCUT2D eigenvalue weighted by atomic mass is 32.2. The van der Waals surface area contributed by atoms with Gasteiger partial charge in [-0.15, -0.1) is 0 Å². The Kier molecular flexibility index (Phi) is 6.14. The summed E-state index contributed by atoms with van der Waals surface area (Å²) in [7, 11) is -5.66. The van der Waals surface area contributed by atoms with Crippen LogP contribution in [-0.2, 0) is 16.6 Å². The van der Waals surface area contributed by atoms with Gasteiger partial charge in [0.05, 0.1) is 18.6 Å². The van der Waals surface area contributed by atoms with Crippen LogP contribution in [0.2, 0.25) is 0 Å². The average molecular weight is 420 g/mol. The number of nitrogens with zero attached hydrogens (tertiary/aromatic N) is 3. The van der Waals surface area contributed by atoms with Crippen molar-refractivity contribution in [1.82, 2.24) is 19.2 Å². The quantitative estimate of drug-likeness (QED) is 0.744. The number of H-pyrrole nitrogens is 1. The van der Waals surface area contributed by atoms with E-state index >= 15 is 0 Å². The highest BCUT2D eigenvalue weighted by Gasteiger charge is 2.50. The summed E-state index contributed by atoms with van der Waals surface area (Å²) in [5, 5.41) is 0. The molecule has 1 aromatic rings. The number of alkyl halides is 6. The molecule has 154 valence electrons. The molecule has 6 nitrogen and oxygen atoms in total. The number of aromatic nitrogens is 2. The van der Waals surface area contributed by atoms with Gasteiger partial charge in [0.2, 0.25) is 0 Å². The Labute approximate surface area is 151 Å². The summed E-state index contributed by atoms with van der Waals surface area (Å²) in [6.45, 7) is 0.293. The number of hydrogen-bond donors (Lipinski definition) is 1. The Hall–Kier alpha value is -1.76. The van der Waals surface area contributed by atoms with E-state index in [4.69, 9.17) is 0 Å². The van der Waals surface area contributed by atoms with Crippen LogP contribution >= 0.6 is 0 Å². The number of halogens is 6. The van der Waals surface area contributed by atoms with Crippen LogP contribution in [0.5, 0.6) is 0 Å². The third kappa shape index (κ3) is 5.37. The van der Waals surface area contributed by atoms with Crippen LogP contribution < -0.4 is 0 Å². The molecule has 0 bridgehead atoms. The summed E-state index contributed by atoms with van der Waals surface area (Å²) >= 11 is 0. The van der Waals surface area contributed by atoms with E-state index < -0.39 is 53.7 Å². The Bertz CT molecular complexity index is 758. The normalized spacial score (nSPS) is 20.5. The number of aromatic amines is 1.